The lowest BCUT2D eigenvalue weighted by atomic mass is 10.1. The predicted octanol–water partition coefficient (Wildman–Crippen LogP) is 0.467. The summed E-state index contributed by atoms with van der Waals surface area (Å²) >= 11 is 0. The van der Waals surface area contributed by atoms with E-state index in [4.69, 9.17) is 5.11 Å². The van der Waals surface area contributed by atoms with Gasteiger partial charge < -0.3 is 10.4 Å². The van der Waals surface area contributed by atoms with E-state index < -0.39 is 5.54 Å². The number of hydrogen-bond acceptors (Lipinski definition) is 3. The Morgan fingerprint density at radius 1 is 1.47 bits per heavy atom. The molecule has 0 saturated carbocycles. The van der Waals surface area contributed by atoms with Gasteiger partial charge in [-0.05, 0) is 27.7 Å². The maximum absolute atomic E-state index is 11.8. The molecule has 0 aliphatic carbocycles. The Morgan fingerprint density at radius 3 is 2.47 bits per heavy atom. The zero-order chi connectivity index (χ0) is 13.2. The fourth-order valence-corrected chi connectivity index (χ4v) is 1.70. The van der Waals surface area contributed by atoms with Gasteiger partial charge in [0.05, 0.1) is 24.3 Å². The van der Waals surface area contributed by atoms with Gasteiger partial charge in [-0.1, -0.05) is 0 Å². The van der Waals surface area contributed by atoms with E-state index in [9.17, 15) is 4.79 Å². The molecule has 1 aromatic heterocycles. The van der Waals surface area contributed by atoms with Crippen LogP contribution in [-0.4, -0.2) is 32.9 Å². The SMILES string of the molecule is Cc1nn(C)c(C)c1CC(=O)NC(C)(C)CO. The lowest BCUT2D eigenvalue weighted by Gasteiger charge is -2.23. The maximum Gasteiger partial charge on any atom is 0.225 e. The Labute approximate surface area is 102 Å². The van der Waals surface area contributed by atoms with Gasteiger partial charge in [0.1, 0.15) is 0 Å². The lowest BCUT2D eigenvalue weighted by Crippen LogP contribution is -2.46. The molecule has 1 aromatic rings. The number of aryl methyl sites for hydroxylation is 2. The topological polar surface area (TPSA) is 67.2 Å². The van der Waals surface area contributed by atoms with Gasteiger partial charge in [0.15, 0.2) is 0 Å². The standard InChI is InChI=1S/C12H21N3O2/c1-8-10(9(2)15(5)14-8)6-11(17)13-12(3,4)7-16/h16H,6-7H2,1-5H3,(H,13,17). The number of carbonyl (C=O) groups is 1. The van der Waals surface area contributed by atoms with E-state index in [1.165, 1.54) is 0 Å². The number of aliphatic hydroxyl groups is 1. The van der Waals surface area contributed by atoms with Crippen LogP contribution >= 0.6 is 0 Å². The highest BCUT2D eigenvalue weighted by Crippen LogP contribution is 2.13. The molecule has 5 nitrogen and oxygen atoms in total. The molecule has 0 aromatic carbocycles. The number of carbonyl (C=O) groups excluding carboxylic acids is 1. The molecule has 0 spiro atoms. The number of nitrogens with zero attached hydrogens (tertiary/aromatic N) is 2. The Balaban J connectivity index is 2.75. The van der Waals surface area contributed by atoms with Crippen molar-refractivity contribution in [1.29, 1.82) is 0 Å². The van der Waals surface area contributed by atoms with Crippen LogP contribution < -0.4 is 5.32 Å². The third kappa shape index (κ3) is 3.30. The van der Waals surface area contributed by atoms with Crippen molar-refractivity contribution in [2.24, 2.45) is 7.05 Å². The highest BCUT2D eigenvalue weighted by molar-refractivity contribution is 5.79. The summed E-state index contributed by atoms with van der Waals surface area (Å²) in [7, 11) is 1.86. The Morgan fingerprint density at radius 2 is 2.06 bits per heavy atom. The van der Waals surface area contributed by atoms with Crippen molar-refractivity contribution < 1.29 is 9.90 Å². The van der Waals surface area contributed by atoms with Crippen LogP contribution in [0.2, 0.25) is 0 Å². The van der Waals surface area contributed by atoms with Gasteiger partial charge in [-0.25, -0.2) is 0 Å². The first-order valence-electron chi connectivity index (χ1n) is 5.68. The molecule has 0 atom stereocenters. The number of nitrogens with one attached hydrogen (secondary N) is 1. The summed E-state index contributed by atoms with van der Waals surface area (Å²) in [6.07, 6.45) is 0.301. The summed E-state index contributed by atoms with van der Waals surface area (Å²) in [5.41, 5.74) is 2.25. The number of rotatable bonds is 4. The molecule has 0 unspecified atom stereocenters. The largest absolute Gasteiger partial charge is 0.394 e. The highest BCUT2D eigenvalue weighted by Gasteiger charge is 2.21. The molecule has 1 heterocycles. The molecule has 96 valence electrons. The van der Waals surface area contributed by atoms with E-state index in [0.717, 1.165) is 17.0 Å². The molecular formula is C12H21N3O2. The van der Waals surface area contributed by atoms with E-state index in [2.05, 4.69) is 10.4 Å². The fourth-order valence-electron chi connectivity index (χ4n) is 1.70. The zero-order valence-corrected chi connectivity index (χ0v) is 11.2. The minimum absolute atomic E-state index is 0.0796. The summed E-state index contributed by atoms with van der Waals surface area (Å²) in [6.45, 7) is 7.33. The van der Waals surface area contributed by atoms with Gasteiger partial charge in [0, 0.05) is 18.3 Å². The van der Waals surface area contributed by atoms with Gasteiger partial charge in [-0.2, -0.15) is 5.10 Å². The first-order chi connectivity index (χ1) is 7.76. The average molecular weight is 239 g/mol. The third-order valence-electron chi connectivity index (χ3n) is 2.87. The summed E-state index contributed by atoms with van der Waals surface area (Å²) < 4.78 is 1.77. The molecule has 0 bridgehead atoms. The zero-order valence-electron chi connectivity index (χ0n) is 11.2. The Bertz CT molecular complexity index is 422. The van der Waals surface area contributed by atoms with Crippen molar-refractivity contribution in [3.05, 3.63) is 17.0 Å². The molecule has 1 amide bonds. The second-order valence-electron chi connectivity index (χ2n) is 5.04. The number of hydrogen-bond donors (Lipinski definition) is 2. The molecule has 5 heteroatoms. The average Bonchev–Trinajstić information content (AvgIpc) is 2.44. The predicted molar refractivity (Wildman–Crippen MR) is 65.7 cm³/mol. The monoisotopic (exact) mass is 239 g/mol. The van der Waals surface area contributed by atoms with Crippen LogP contribution in [0.25, 0.3) is 0 Å². The van der Waals surface area contributed by atoms with Gasteiger partial charge in [-0.15, -0.1) is 0 Å². The fraction of sp³-hybridized carbons (Fsp3) is 0.667. The molecule has 0 saturated heterocycles. The molecule has 0 radical (unpaired) electrons. The highest BCUT2D eigenvalue weighted by atomic mass is 16.3. The number of aromatic nitrogens is 2. The van der Waals surface area contributed by atoms with Crippen LogP contribution in [0, 0.1) is 13.8 Å². The van der Waals surface area contributed by atoms with Gasteiger partial charge in [0.2, 0.25) is 5.91 Å². The van der Waals surface area contributed by atoms with Crippen molar-refractivity contribution in [3.63, 3.8) is 0 Å². The maximum atomic E-state index is 11.8. The normalized spacial score (nSPS) is 11.6. The summed E-state index contributed by atoms with van der Waals surface area (Å²) in [4.78, 5) is 11.8. The van der Waals surface area contributed by atoms with E-state index in [1.807, 2.05) is 20.9 Å². The van der Waals surface area contributed by atoms with Crippen molar-refractivity contribution in [2.75, 3.05) is 6.61 Å². The number of aliphatic hydroxyl groups excluding tert-OH is 1. The van der Waals surface area contributed by atoms with Crippen LogP contribution in [0.5, 0.6) is 0 Å². The Kier molecular flexibility index (Phi) is 3.93. The van der Waals surface area contributed by atoms with Crippen LogP contribution in [0.3, 0.4) is 0 Å². The summed E-state index contributed by atoms with van der Waals surface area (Å²) in [5.74, 6) is -0.0942. The smallest absolute Gasteiger partial charge is 0.225 e. The van der Waals surface area contributed by atoms with E-state index in [-0.39, 0.29) is 12.5 Å². The molecule has 17 heavy (non-hydrogen) atoms. The van der Waals surface area contributed by atoms with Crippen molar-refractivity contribution in [3.8, 4) is 0 Å². The second-order valence-corrected chi connectivity index (χ2v) is 5.04. The van der Waals surface area contributed by atoms with Gasteiger partial charge in [-0.3, -0.25) is 9.48 Å². The van der Waals surface area contributed by atoms with Crippen LogP contribution in [0.4, 0.5) is 0 Å². The van der Waals surface area contributed by atoms with E-state index >= 15 is 0 Å². The minimum atomic E-state index is -0.582. The van der Waals surface area contributed by atoms with E-state index in [0.29, 0.717) is 6.42 Å². The third-order valence-corrected chi connectivity index (χ3v) is 2.87. The van der Waals surface area contributed by atoms with Gasteiger partial charge in [0.25, 0.3) is 0 Å². The first-order valence-corrected chi connectivity index (χ1v) is 5.68. The summed E-state index contributed by atoms with van der Waals surface area (Å²) in [5, 5.41) is 16.2. The molecular weight excluding hydrogens is 218 g/mol. The second kappa shape index (κ2) is 4.87. The molecule has 0 aliphatic rings. The first kappa shape index (κ1) is 13.7. The quantitative estimate of drug-likeness (QED) is 0.802. The molecule has 1 rings (SSSR count). The minimum Gasteiger partial charge on any atom is -0.394 e. The summed E-state index contributed by atoms with van der Waals surface area (Å²) in [6, 6.07) is 0. The Hall–Kier alpha value is -1.36. The number of amides is 1. The molecule has 2 N–H and O–H groups in total. The van der Waals surface area contributed by atoms with E-state index in [1.54, 1.807) is 18.5 Å². The van der Waals surface area contributed by atoms with Gasteiger partial charge >= 0.3 is 0 Å². The molecule has 0 fully saturated rings. The molecule has 0 aliphatic heterocycles. The van der Waals surface area contributed by atoms with Crippen molar-refractivity contribution in [2.45, 2.75) is 39.7 Å². The van der Waals surface area contributed by atoms with Crippen molar-refractivity contribution in [1.82, 2.24) is 15.1 Å². The van der Waals surface area contributed by atoms with Crippen LogP contribution in [-0.2, 0) is 18.3 Å². The van der Waals surface area contributed by atoms with Crippen LogP contribution in [0.15, 0.2) is 0 Å². The lowest BCUT2D eigenvalue weighted by molar-refractivity contribution is -0.122. The van der Waals surface area contributed by atoms with Crippen molar-refractivity contribution >= 4 is 5.91 Å². The van der Waals surface area contributed by atoms with Crippen LogP contribution in [0.1, 0.15) is 30.8 Å².